The zero-order valence-corrected chi connectivity index (χ0v) is 15.7. The molecule has 2 rings (SSSR count). The van der Waals surface area contributed by atoms with E-state index in [0.717, 1.165) is 11.1 Å². The van der Waals surface area contributed by atoms with Crippen LogP contribution in [0.4, 0.5) is 0 Å². The minimum atomic E-state index is -0.667. The molecule has 0 fully saturated rings. The van der Waals surface area contributed by atoms with Crippen LogP contribution in [0.3, 0.4) is 0 Å². The highest BCUT2D eigenvalue weighted by molar-refractivity contribution is 5.87. The zero-order chi connectivity index (χ0) is 18.1. The number of nitrogens with two attached hydrogens (primary N) is 1. The van der Waals surface area contributed by atoms with E-state index in [2.05, 4.69) is 5.32 Å². The molecule has 0 saturated carbocycles. The van der Waals surface area contributed by atoms with Crippen LogP contribution in [0, 0.1) is 0 Å². The smallest absolute Gasteiger partial charge is 0.242 e. The van der Waals surface area contributed by atoms with Crippen LogP contribution in [-0.2, 0) is 22.6 Å². The number of carbonyl (C=O) groups excluding carboxylic acids is 2. The number of carbonyl (C=O) groups is 2. The Hall–Kier alpha value is -2.37. The second kappa shape index (κ2) is 11.3. The molecular weight excluding hydrogens is 350 g/mol. The molecule has 1 atom stereocenters. The second-order valence-corrected chi connectivity index (χ2v) is 5.91. The minimum absolute atomic E-state index is 0. The number of likely N-dealkylation sites (N-methyl/N-ethyl adjacent to an activating group) is 1. The molecule has 0 aromatic heterocycles. The quantitative estimate of drug-likeness (QED) is 0.742. The molecule has 2 amide bonds. The van der Waals surface area contributed by atoms with Crippen LogP contribution in [0.2, 0.25) is 0 Å². The van der Waals surface area contributed by atoms with Gasteiger partial charge in [-0.15, -0.1) is 12.4 Å². The lowest BCUT2D eigenvalue weighted by Crippen LogP contribution is -2.46. The molecule has 140 valence electrons. The van der Waals surface area contributed by atoms with Gasteiger partial charge in [0.05, 0.1) is 12.6 Å². The van der Waals surface area contributed by atoms with Crippen LogP contribution < -0.4 is 11.1 Å². The van der Waals surface area contributed by atoms with Gasteiger partial charge in [0.1, 0.15) is 0 Å². The standard InChI is InChI=1S/C20H25N3O2.ClH/c1-2-23(15-17-11-7-4-8-12-17)19(24)14-22-20(25)18(21)13-16-9-5-3-6-10-16;/h3-12,18H,2,13-15,21H2,1H3,(H,22,25);1H/t18-;/m0./s1. The summed E-state index contributed by atoms with van der Waals surface area (Å²) < 4.78 is 0. The number of hydrogen-bond acceptors (Lipinski definition) is 3. The van der Waals surface area contributed by atoms with Crippen molar-refractivity contribution in [3.63, 3.8) is 0 Å². The third-order valence-corrected chi connectivity index (χ3v) is 4.00. The Morgan fingerprint density at radius 3 is 2.08 bits per heavy atom. The van der Waals surface area contributed by atoms with Crippen LogP contribution in [-0.4, -0.2) is 35.8 Å². The maximum absolute atomic E-state index is 12.3. The molecule has 2 aromatic rings. The molecule has 2 aromatic carbocycles. The Morgan fingerprint density at radius 1 is 1.00 bits per heavy atom. The van der Waals surface area contributed by atoms with Gasteiger partial charge in [0.2, 0.25) is 11.8 Å². The minimum Gasteiger partial charge on any atom is -0.346 e. The maximum atomic E-state index is 12.3. The fourth-order valence-electron chi connectivity index (χ4n) is 2.55. The van der Waals surface area contributed by atoms with Crippen LogP contribution in [0.1, 0.15) is 18.1 Å². The number of rotatable bonds is 8. The largest absolute Gasteiger partial charge is 0.346 e. The van der Waals surface area contributed by atoms with Gasteiger partial charge in [0.25, 0.3) is 0 Å². The molecule has 0 bridgehead atoms. The summed E-state index contributed by atoms with van der Waals surface area (Å²) in [5.41, 5.74) is 7.99. The summed E-state index contributed by atoms with van der Waals surface area (Å²) in [4.78, 5) is 26.2. The molecule has 6 heteroatoms. The average molecular weight is 376 g/mol. The van der Waals surface area contributed by atoms with Crippen LogP contribution >= 0.6 is 12.4 Å². The van der Waals surface area contributed by atoms with Gasteiger partial charge in [-0.25, -0.2) is 0 Å². The fraction of sp³-hybridized carbons (Fsp3) is 0.300. The Balaban J connectivity index is 0.00000338. The van der Waals surface area contributed by atoms with E-state index >= 15 is 0 Å². The van der Waals surface area contributed by atoms with Gasteiger partial charge < -0.3 is 16.0 Å². The SMILES string of the molecule is CCN(Cc1ccccc1)C(=O)CNC(=O)[C@@H](N)Cc1ccccc1.Cl. The maximum Gasteiger partial charge on any atom is 0.242 e. The predicted octanol–water partition coefficient (Wildman–Crippen LogP) is 2.14. The van der Waals surface area contributed by atoms with Crippen molar-refractivity contribution in [2.45, 2.75) is 25.9 Å². The lowest BCUT2D eigenvalue weighted by atomic mass is 10.1. The molecule has 0 aliphatic carbocycles. The van der Waals surface area contributed by atoms with Crippen LogP contribution in [0.15, 0.2) is 60.7 Å². The van der Waals surface area contributed by atoms with Crippen molar-refractivity contribution in [2.75, 3.05) is 13.1 Å². The van der Waals surface area contributed by atoms with E-state index < -0.39 is 6.04 Å². The topological polar surface area (TPSA) is 75.4 Å². The first-order valence-electron chi connectivity index (χ1n) is 8.49. The Morgan fingerprint density at radius 2 is 1.54 bits per heavy atom. The fourth-order valence-corrected chi connectivity index (χ4v) is 2.55. The van der Waals surface area contributed by atoms with Crippen molar-refractivity contribution in [1.82, 2.24) is 10.2 Å². The van der Waals surface area contributed by atoms with Crippen LogP contribution in [0.5, 0.6) is 0 Å². The van der Waals surface area contributed by atoms with Crippen molar-refractivity contribution in [1.29, 1.82) is 0 Å². The molecule has 26 heavy (non-hydrogen) atoms. The molecule has 0 aliphatic rings. The van der Waals surface area contributed by atoms with E-state index in [0.29, 0.717) is 19.5 Å². The monoisotopic (exact) mass is 375 g/mol. The lowest BCUT2D eigenvalue weighted by Gasteiger charge is -2.22. The summed E-state index contributed by atoms with van der Waals surface area (Å²) in [6, 6.07) is 18.7. The van der Waals surface area contributed by atoms with Crippen molar-refractivity contribution in [3.8, 4) is 0 Å². The van der Waals surface area contributed by atoms with Gasteiger partial charge in [-0.1, -0.05) is 60.7 Å². The van der Waals surface area contributed by atoms with Gasteiger partial charge in [-0.2, -0.15) is 0 Å². The predicted molar refractivity (Wildman–Crippen MR) is 106 cm³/mol. The third-order valence-electron chi connectivity index (χ3n) is 4.00. The van der Waals surface area contributed by atoms with E-state index in [9.17, 15) is 9.59 Å². The highest BCUT2D eigenvalue weighted by Gasteiger charge is 2.17. The third kappa shape index (κ3) is 6.86. The molecule has 0 saturated heterocycles. The van der Waals surface area contributed by atoms with Gasteiger partial charge in [0, 0.05) is 13.1 Å². The van der Waals surface area contributed by atoms with E-state index in [1.807, 2.05) is 67.6 Å². The molecule has 0 heterocycles. The molecule has 0 aliphatic heterocycles. The molecule has 5 nitrogen and oxygen atoms in total. The summed E-state index contributed by atoms with van der Waals surface area (Å²) in [6.45, 7) is 2.99. The summed E-state index contributed by atoms with van der Waals surface area (Å²) in [5.74, 6) is -0.431. The van der Waals surface area contributed by atoms with E-state index in [1.165, 1.54) is 0 Å². The number of hydrogen-bond donors (Lipinski definition) is 2. The first-order valence-corrected chi connectivity index (χ1v) is 8.49. The Bertz CT molecular complexity index is 680. The highest BCUT2D eigenvalue weighted by Crippen LogP contribution is 2.05. The summed E-state index contributed by atoms with van der Waals surface area (Å²) in [5, 5.41) is 2.65. The van der Waals surface area contributed by atoms with Gasteiger partial charge in [-0.05, 0) is 24.5 Å². The molecule has 0 radical (unpaired) electrons. The number of benzene rings is 2. The molecule has 0 unspecified atom stereocenters. The average Bonchev–Trinajstić information content (AvgIpc) is 2.65. The first-order chi connectivity index (χ1) is 12.1. The van der Waals surface area contributed by atoms with E-state index in [1.54, 1.807) is 4.90 Å². The van der Waals surface area contributed by atoms with Crippen LogP contribution in [0.25, 0.3) is 0 Å². The number of nitrogens with zero attached hydrogens (tertiary/aromatic N) is 1. The van der Waals surface area contributed by atoms with Crippen molar-refractivity contribution < 1.29 is 9.59 Å². The Kier molecular flexibility index (Phi) is 9.41. The van der Waals surface area contributed by atoms with Crippen molar-refractivity contribution >= 4 is 24.2 Å². The van der Waals surface area contributed by atoms with Crippen molar-refractivity contribution in [3.05, 3.63) is 71.8 Å². The van der Waals surface area contributed by atoms with Gasteiger partial charge in [0.15, 0.2) is 0 Å². The number of halogens is 1. The van der Waals surface area contributed by atoms with Crippen molar-refractivity contribution in [2.24, 2.45) is 5.73 Å². The molecule has 3 N–H and O–H groups in total. The van der Waals surface area contributed by atoms with E-state index in [4.69, 9.17) is 5.73 Å². The number of nitrogens with one attached hydrogen (secondary N) is 1. The summed E-state index contributed by atoms with van der Waals surface area (Å²) in [7, 11) is 0. The number of amides is 2. The lowest BCUT2D eigenvalue weighted by molar-refractivity contribution is -0.133. The molecular formula is C20H26ClN3O2. The first kappa shape index (κ1) is 21.7. The highest BCUT2D eigenvalue weighted by atomic mass is 35.5. The Labute approximate surface area is 161 Å². The summed E-state index contributed by atoms with van der Waals surface area (Å²) >= 11 is 0. The second-order valence-electron chi connectivity index (χ2n) is 5.91. The zero-order valence-electron chi connectivity index (χ0n) is 14.9. The van der Waals surface area contributed by atoms with E-state index in [-0.39, 0.29) is 30.8 Å². The molecule has 0 spiro atoms. The van der Waals surface area contributed by atoms with Gasteiger partial charge in [-0.3, -0.25) is 9.59 Å². The normalized spacial score (nSPS) is 11.2. The van der Waals surface area contributed by atoms with Gasteiger partial charge >= 0.3 is 0 Å². The summed E-state index contributed by atoms with van der Waals surface area (Å²) in [6.07, 6.45) is 0.447.